The molecule has 0 saturated carbocycles. The molecule has 0 aliphatic carbocycles. The van der Waals surface area contributed by atoms with Crippen molar-refractivity contribution < 1.29 is 24.2 Å². The average Bonchev–Trinajstić information content (AvgIpc) is 2.45. The van der Waals surface area contributed by atoms with E-state index in [9.17, 15) is 14.7 Å². The summed E-state index contributed by atoms with van der Waals surface area (Å²) in [7, 11) is 2.82. The van der Waals surface area contributed by atoms with Gasteiger partial charge in [-0.05, 0) is 6.42 Å². The summed E-state index contributed by atoms with van der Waals surface area (Å²) in [5.74, 6) is -1.06. The number of methoxy groups -OCH3 is 2. The van der Waals surface area contributed by atoms with E-state index in [0.717, 1.165) is 0 Å². The normalized spacial score (nSPS) is 11.6. The Balaban J connectivity index is 3.22. The number of hydrogen-bond acceptors (Lipinski definition) is 5. The molecule has 0 saturated heterocycles. The van der Waals surface area contributed by atoms with Crippen LogP contribution in [0, 0.1) is 0 Å². The molecule has 110 valence electrons. The van der Waals surface area contributed by atoms with Gasteiger partial charge in [-0.1, -0.05) is 6.92 Å². The van der Waals surface area contributed by atoms with Crippen molar-refractivity contribution >= 4 is 17.6 Å². The monoisotopic (exact) mass is 282 g/mol. The average molecular weight is 282 g/mol. The van der Waals surface area contributed by atoms with E-state index in [1.807, 2.05) is 0 Å². The minimum absolute atomic E-state index is 0.0979. The van der Waals surface area contributed by atoms with Crippen molar-refractivity contribution in [3.05, 3.63) is 17.7 Å². The van der Waals surface area contributed by atoms with Crippen LogP contribution in [0.5, 0.6) is 11.5 Å². The van der Waals surface area contributed by atoms with Gasteiger partial charge in [-0.15, -0.1) is 0 Å². The highest BCUT2D eigenvalue weighted by atomic mass is 16.5. The Labute approximate surface area is 116 Å². The summed E-state index contributed by atoms with van der Waals surface area (Å²) >= 11 is 0. The standard InChI is InChI=1S/C13H18N2O5/c1-4-8(14)12(16)15-9-6-11(20-3)10(19-2)5-7(9)13(17)18/h5-6,8H,4,14H2,1-3H3,(H,15,16)(H,17,18). The molecule has 1 aromatic rings. The summed E-state index contributed by atoms with van der Waals surface area (Å²) < 4.78 is 10.1. The second-order valence-electron chi connectivity index (χ2n) is 4.06. The Kier molecular flexibility index (Phi) is 5.33. The van der Waals surface area contributed by atoms with Gasteiger partial charge in [0.05, 0.1) is 31.5 Å². The minimum Gasteiger partial charge on any atom is -0.493 e. The van der Waals surface area contributed by atoms with E-state index in [1.165, 1.54) is 26.4 Å². The van der Waals surface area contributed by atoms with Crippen molar-refractivity contribution in [1.82, 2.24) is 0 Å². The van der Waals surface area contributed by atoms with Gasteiger partial charge in [0.25, 0.3) is 0 Å². The van der Waals surface area contributed by atoms with Crippen LogP contribution < -0.4 is 20.5 Å². The van der Waals surface area contributed by atoms with Gasteiger partial charge in [0.15, 0.2) is 11.5 Å². The molecule has 0 fully saturated rings. The van der Waals surface area contributed by atoms with Crippen molar-refractivity contribution in [2.75, 3.05) is 19.5 Å². The number of nitrogens with one attached hydrogen (secondary N) is 1. The lowest BCUT2D eigenvalue weighted by Gasteiger charge is -2.15. The largest absolute Gasteiger partial charge is 0.493 e. The van der Waals surface area contributed by atoms with E-state index in [4.69, 9.17) is 15.2 Å². The molecule has 0 aliphatic rings. The summed E-state index contributed by atoms with van der Waals surface area (Å²) in [6.45, 7) is 1.76. The number of anilines is 1. The molecular formula is C13H18N2O5. The summed E-state index contributed by atoms with van der Waals surface area (Å²) in [4.78, 5) is 23.0. The molecule has 4 N–H and O–H groups in total. The third kappa shape index (κ3) is 3.39. The van der Waals surface area contributed by atoms with E-state index in [2.05, 4.69) is 5.32 Å². The van der Waals surface area contributed by atoms with Gasteiger partial charge in [-0.25, -0.2) is 4.79 Å². The number of nitrogens with two attached hydrogens (primary N) is 1. The van der Waals surface area contributed by atoms with E-state index in [-0.39, 0.29) is 17.0 Å². The smallest absolute Gasteiger partial charge is 0.337 e. The number of hydrogen-bond donors (Lipinski definition) is 3. The fourth-order valence-electron chi connectivity index (χ4n) is 1.57. The molecule has 0 spiro atoms. The van der Waals surface area contributed by atoms with Crippen molar-refractivity contribution in [2.24, 2.45) is 5.73 Å². The van der Waals surface area contributed by atoms with E-state index in [0.29, 0.717) is 12.2 Å². The van der Waals surface area contributed by atoms with Crippen molar-refractivity contribution in [1.29, 1.82) is 0 Å². The molecule has 0 aliphatic heterocycles. The first kappa shape index (κ1) is 15.8. The zero-order valence-electron chi connectivity index (χ0n) is 11.6. The van der Waals surface area contributed by atoms with Gasteiger partial charge in [0, 0.05) is 12.1 Å². The van der Waals surface area contributed by atoms with E-state index >= 15 is 0 Å². The number of rotatable bonds is 6. The summed E-state index contributed by atoms with van der Waals surface area (Å²) in [6, 6.07) is 1.97. The Hall–Kier alpha value is -2.28. The van der Waals surface area contributed by atoms with Crippen LogP contribution >= 0.6 is 0 Å². The minimum atomic E-state index is -1.19. The van der Waals surface area contributed by atoms with Crippen LogP contribution in [0.3, 0.4) is 0 Å². The highest BCUT2D eigenvalue weighted by Gasteiger charge is 2.19. The number of carboxylic acids is 1. The number of carbonyl (C=O) groups excluding carboxylic acids is 1. The molecule has 1 rings (SSSR count). The highest BCUT2D eigenvalue weighted by molar-refractivity contribution is 6.02. The van der Waals surface area contributed by atoms with E-state index in [1.54, 1.807) is 6.92 Å². The lowest BCUT2D eigenvalue weighted by atomic mass is 10.1. The first-order valence-electron chi connectivity index (χ1n) is 6.00. The molecule has 0 radical (unpaired) electrons. The summed E-state index contributed by atoms with van der Waals surface area (Å²) in [6.07, 6.45) is 0.446. The number of benzene rings is 1. The summed E-state index contributed by atoms with van der Waals surface area (Å²) in [5, 5.41) is 11.7. The Morgan fingerprint density at radius 2 is 1.85 bits per heavy atom. The molecule has 0 bridgehead atoms. The second-order valence-corrected chi connectivity index (χ2v) is 4.06. The number of ether oxygens (including phenoxy) is 2. The van der Waals surface area contributed by atoms with Crippen LogP contribution in [-0.2, 0) is 4.79 Å². The maximum absolute atomic E-state index is 11.8. The first-order chi connectivity index (χ1) is 9.44. The van der Waals surface area contributed by atoms with Crippen LogP contribution in [0.25, 0.3) is 0 Å². The van der Waals surface area contributed by atoms with Crippen molar-refractivity contribution in [3.63, 3.8) is 0 Å². The third-order valence-electron chi connectivity index (χ3n) is 2.79. The maximum atomic E-state index is 11.8. The number of carboxylic acid groups (broad SMARTS) is 1. The Morgan fingerprint density at radius 1 is 1.30 bits per heavy atom. The van der Waals surface area contributed by atoms with Crippen molar-refractivity contribution in [3.8, 4) is 11.5 Å². The number of amides is 1. The topological polar surface area (TPSA) is 111 Å². The predicted octanol–water partition coefficient (Wildman–Crippen LogP) is 1.08. The van der Waals surface area contributed by atoms with E-state index < -0.39 is 17.9 Å². The number of aromatic carboxylic acids is 1. The molecule has 1 atom stereocenters. The van der Waals surface area contributed by atoms with Crippen molar-refractivity contribution in [2.45, 2.75) is 19.4 Å². The number of carbonyl (C=O) groups is 2. The van der Waals surface area contributed by atoms with Crippen LogP contribution in [0.2, 0.25) is 0 Å². The molecule has 1 aromatic carbocycles. The fourth-order valence-corrected chi connectivity index (χ4v) is 1.57. The van der Waals surface area contributed by atoms with Gasteiger partial charge in [0.2, 0.25) is 5.91 Å². The highest BCUT2D eigenvalue weighted by Crippen LogP contribution is 2.33. The maximum Gasteiger partial charge on any atom is 0.337 e. The van der Waals surface area contributed by atoms with Crippen LogP contribution in [0.1, 0.15) is 23.7 Å². The van der Waals surface area contributed by atoms with Crippen LogP contribution in [0.4, 0.5) is 5.69 Å². The zero-order chi connectivity index (χ0) is 15.3. The molecule has 0 aromatic heterocycles. The quantitative estimate of drug-likeness (QED) is 0.720. The van der Waals surface area contributed by atoms with Gasteiger partial charge >= 0.3 is 5.97 Å². The zero-order valence-corrected chi connectivity index (χ0v) is 11.6. The molecule has 1 amide bonds. The van der Waals surface area contributed by atoms with Gasteiger partial charge in [0.1, 0.15) is 0 Å². The van der Waals surface area contributed by atoms with Gasteiger partial charge in [-0.3, -0.25) is 4.79 Å². The Bertz CT molecular complexity index is 516. The lowest BCUT2D eigenvalue weighted by Crippen LogP contribution is -2.35. The molecule has 7 heteroatoms. The first-order valence-corrected chi connectivity index (χ1v) is 6.00. The predicted molar refractivity (Wildman–Crippen MR) is 73.4 cm³/mol. The third-order valence-corrected chi connectivity index (χ3v) is 2.79. The molecule has 20 heavy (non-hydrogen) atoms. The van der Waals surface area contributed by atoms with Crippen LogP contribution in [0.15, 0.2) is 12.1 Å². The SMILES string of the molecule is CCC(N)C(=O)Nc1cc(OC)c(OC)cc1C(=O)O. The summed E-state index contributed by atoms with van der Waals surface area (Å²) in [5.41, 5.74) is 5.62. The second kappa shape index (κ2) is 6.76. The van der Waals surface area contributed by atoms with Gasteiger partial charge < -0.3 is 25.6 Å². The molecule has 7 nitrogen and oxygen atoms in total. The Morgan fingerprint density at radius 3 is 2.30 bits per heavy atom. The van der Waals surface area contributed by atoms with Crippen LogP contribution in [-0.4, -0.2) is 37.2 Å². The lowest BCUT2D eigenvalue weighted by molar-refractivity contribution is -0.117. The molecule has 0 heterocycles. The van der Waals surface area contributed by atoms with Gasteiger partial charge in [-0.2, -0.15) is 0 Å². The molecular weight excluding hydrogens is 264 g/mol. The molecule has 1 unspecified atom stereocenters. The fraction of sp³-hybridized carbons (Fsp3) is 0.385.